The maximum atomic E-state index is 12.2. The Balaban J connectivity index is 2.13. The van der Waals surface area contributed by atoms with Gasteiger partial charge in [-0.1, -0.05) is 18.6 Å². The SMILES string of the molecule is COC(=O)C(C1CC(C)=CC(C)C1)N1CCNCC1. The van der Waals surface area contributed by atoms with Crippen LogP contribution in [-0.4, -0.2) is 50.2 Å². The van der Waals surface area contributed by atoms with E-state index in [-0.39, 0.29) is 12.0 Å². The molecule has 1 aliphatic heterocycles. The van der Waals surface area contributed by atoms with Crippen LogP contribution < -0.4 is 5.32 Å². The number of allylic oxidation sites excluding steroid dienone is 2. The molecule has 0 bridgehead atoms. The highest BCUT2D eigenvalue weighted by Gasteiger charge is 2.36. The summed E-state index contributed by atoms with van der Waals surface area (Å²) in [6.45, 7) is 8.21. The van der Waals surface area contributed by atoms with Crippen molar-refractivity contribution in [2.75, 3.05) is 33.3 Å². The fraction of sp³-hybridized carbons (Fsp3) is 0.800. The molecule has 1 saturated heterocycles. The van der Waals surface area contributed by atoms with Crippen molar-refractivity contribution < 1.29 is 9.53 Å². The maximum Gasteiger partial charge on any atom is 0.323 e. The van der Waals surface area contributed by atoms with E-state index in [1.165, 1.54) is 12.7 Å². The number of nitrogens with zero attached hydrogens (tertiary/aromatic N) is 1. The standard InChI is InChI=1S/C15H26N2O2/c1-11-8-12(2)10-13(9-11)14(15(18)19-3)17-6-4-16-5-7-17/h8,11,13-14,16H,4-7,9-10H2,1-3H3. The molecule has 2 rings (SSSR count). The summed E-state index contributed by atoms with van der Waals surface area (Å²) in [6.07, 6.45) is 4.44. The highest BCUT2D eigenvalue weighted by Crippen LogP contribution is 2.32. The molecule has 3 atom stereocenters. The molecule has 2 aliphatic rings. The van der Waals surface area contributed by atoms with Crippen molar-refractivity contribution in [1.82, 2.24) is 10.2 Å². The Hall–Kier alpha value is -0.870. The largest absolute Gasteiger partial charge is 0.468 e. The van der Waals surface area contributed by atoms with Crippen molar-refractivity contribution in [2.45, 2.75) is 32.7 Å². The summed E-state index contributed by atoms with van der Waals surface area (Å²) < 4.78 is 5.07. The smallest absolute Gasteiger partial charge is 0.323 e. The third-order valence-corrected chi connectivity index (χ3v) is 4.26. The van der Waals surface area contributed by atoms with Gasteiger partial charge in [-0.2, -0.15) is 0 Å². The van der Waals surface area contributed by atoms with Crippen molar-refractivity contribution in [3.63, 3.8) is 0 Å². The summed E-state index contributed by atoms with van der Waals surface area (Å²) >= 11 is 0. The molecule has 4 nitrogen and oxygen atoms in total. The molecule has 1 fully saturated rings. The fourth-order valence-electron chi connectivity index (χ4n) is 3.56. The first kappa shape index (κ1) is 14.5. The zero-order valence-corrected chi connectivity index (χ0v) is 12.3. The van der Waals surface area contributed by atoms with E-state index in [1.807, 2.05) is 0 Å². The van der Waals surface area contributed by atoms with Crippen LogP contribution in [0.3, 0.4) is 0 Å². The second-order valence-electron chi connectivity index (χ2n) is 5.94. The molecule has 0 spiro atoms. The highest BCUT2D eigenvalue weighted by atomic mass is 16.5. The van der Waals surface area contributed by atoms with Crippen LogP contribution in [-0.2, 0) is 9.53 Å². The molecule has 1 aliphatic carbocycles. The number of carbonyl (C=O) groups excluding carboxylic acids is 1. The summed E-state index contributed by atoms with van der Waals surface area (Å²) in [5.74, 6) is 0.896. The van der Waals surface area contributed by atoms with Gasteiger partial charge in [0.1, 0.15) is 6.04 Å². The lowest BCUT2D eigenvalue weighted by Gasteiger charge is -2.39. The van der Waals surface area contributed by atoms with Gasteiger partial charge in [-0.3, -0.25) is 9.69 Å². The zero-order chi connectivity index (χ0) is 13.8. The number of carbonyl (C=O) groups is 1. The monoisotopic (exact) mass is 266 g/mol. The quantitative estimate of drug-likeness (QED) is 0.620. The molecular formula is C15H26N2O2. The zero-order valence-electron chi connectivity index (χ0n) is 12.3. The lowest BCUT2D eigenvalue weighted by molar-refractivity contribution is -0.150. The summed E-state index contributed by atoms with van der Waals surface area (Å²) in [5, 5.41) is 3.34. The first-order valence-corrected chi connectivity index (χ1v) is 7.31. The fourth-order valence-corrected chi connectivity index (χ4v) is 3.56. The second-order valence-corrected chi connectivity index (χ2v) is 5.94. The van der Waals surface area contributed by atoms with Crippen LogP contribution in [0.2, 0.25) is 0 Å². The number of hydrogen-bond acceptors (Lipinski definition) is 4. The predicted molar refractivity (Wildman–Crippen MR) is 75.9 cm³/mol. The van der Waals surface area contributed by atoms with Crippen molar-refractivity contribution in [1.29, 1.82) is 0 Å². The number of esters is 1. The van der Waals surface area contributed by atoms with Gasteiger partial charge in [0, 0.05) is 26.2 Å². The lowest BCUT2D eigenvalue weighted by Crippen LogP contribution is -2.54. The van der Waals surface area contributed by atoms with Gasteiger partial charge in [-0.05, 0) is 31.6 Å². The van der Waals surface area contributed by atoms with Crippen LogP contribution in [0.5, 0.6) is 0 Å². The molecule has 0 saturated carbocycles. The molecule has 19 heavy (non-hydrogen) atoms. The van der Waals surface area contributed by atoms with Gasteiger partial charge in [0.2, 0.25) is 0 Å². The minimum atomic E-state index is -0.0711. The lowest BCUT2D eigenvalue weighted by atomic mass is 9.79. The third kappa shape index (κ3) is 3.57. The summed E-state index contributed by atoms with van der Waals surface area (Å²) in [7, 11) is 1.51. The Bertz CT molecular complexity index is 348. The van der Waals surface area contributed by atoms with Crippen molar-refractivity contribution >= 4 is 5.97 Å². The average Bonchev–Trinajstić information content (AvgIpc) is 2.39. The molecule has 0 aromatic heterocycles. The normalized spacial score (nSPS) is 30.6. The van der Waals surface area contributed by atoms with Gasteiger partial charge in [0.25, 0.3) is 0 Å². The van der Waals surface area contributed by atoms with Crippen LogP contribution in [0.1, 0.15) is 26.7 Å². The highest BCUT2D eigenvalue weighted by molar-refractivity contribution is 5.76. The number of methoxy groups -OCH3 is 1. The Kier molecular flexibility index (Phi) is 4.99. The van der Waals surface area contributed by atoms with Crippen LogP contribution in [0, 0.1) is 11.8 Å². The molecule has 1 heterocycles. The van der Waals surface area contributed by atoms with Crippen molar-refractivity contribution in [3.05, 3.63) is 11.6 Å². The second kappa shape index (κ2) is 6.53. The van der Waals surface area contributed by atoms with E-state index in [4.69, 9.17) is 4.74 Å². The maximum absolute atomic E-state index is 12.2. The molecular weight excluding hydrogens is 240 g/mol. The van der Waals surface area contributed by atoms with Crippen LogP contribution in [0.4, 0.5) is 0 Å². The average molecular weight is 266 g/mol. The third-order valence-electron chi connectivity index (χ3n) is 4.26. The number of rotatable bonds is 3. The Morgan fingerprint density at radius 3 is 2.74 bits per heavy atom. The van der Waals surface area contributed by atoms with E-state index in [0.29, 0.717) is 11.8 Å². The molecule has 0 aromatic carbocycles. The van der Waals surface area contributed by atoms with E-state index in [1.54, 1.807) is 0 Å². The molecule has 4 heteroatoms. The molecule has 0 radical (unpaired) electrons. The predicted octanol–water partition coefficient (Wildman–Crippen LogP) is 1.43. The van der Waals surface area contributed by atoms with Gasteiger partial charge in [-0.25, -0.2) is 0 Å². The van der Waals surface area contributed by atoms with E-state index in [0.717, 1.165) is 39.0 Å². The van der Waals surface area contributed by atoms with Crippen LogP contribution in [0.25, 0.3) is 0 Å². The van der Waals surface area contributed by atoms with Crippen molar-refractivity contribution in [2.24, 2.45) is 11.8 Å². The first-order chi connectivity index (χ1) is 9.11. The Labute approximate surface area is 116 Å². The van der Waals surface area contributed by atoms with Crippen molar-refractivity contribution in [3.8, 4) is 0 Å². The molecule has 3 unspecified atom stereocenters. The summed E-state index contributed by atoms with van der Waals surface area (Å²) in [6, 6.07) is -0.0711. The summed E-state index contributed by atoms with van der Waals surface area (Å²) in [4.78, 5) is 14.5. The van der Waals surface area contributed by atoms with Gasteiger partial charge < -0.3 is 10.1 Å². The van der Waals surface area contributed by atoms with Gasteiger partial charge in [-0.15, -0.1) is 0 Å². The Morgan fingerprint density at radius 1 is 1.47 bits per heavy atom. The van der Waals surface area contributed by atoms with E-state index < -0.39 is 0 Å². The van der Waals surface area contributed by atoms with E-state index >= 15 is 0 Å². The van der Waals surface area contributed by atoms with Crippen LogP contribution in [0.15, 0.2) is 11.6 Å². The van der Waals surface area contributed by atoms with Gasteiger partial charge >= 0.3 is 5.97 Å². The number of hydrogen-bond donors (Lipinski definition) is 1. The molecule has 0 amide bonds. The minimum absolute atomic E-state index is 0.0613. The first-order valence-electron chi connectivity index (χ1n) is 7.31. The van der Waals surface area contributed by atoms with E-state index in [2.05, 4.69) is 30.1 Å². The topological polar surface area (TPSA) is 41.6 Å². The van der Waals surface area contributed by atoms with E-state index in [9.17, 15) is 4.79 Å². The molecule has 0 aromatic rings. The number of ether oxygens (including phenoxy) is 1. The summed E-state index contributed by atoms with van der Waals surface area (Å²) in [5.41, 5.74) is 1.41. The van der Waals surface area contributed by atoms with Crippen LogP contribution >= 0.6 is 0 Å². The van der Waals surface area contributed by atoms with Gasteiger partial charge in [0.15, 0.2) is 0 Å². The number of nitrogens with one attached hydrogen (secondary N) is 1. The minimum Gasteiger partial charge on any atom is -0.468 e. The number of piperazine rings is 1. The molecule has 108 valence electrons. The molecule has 1 N–H and O–H groups in total. The van der Waals surface area contributed by atoms with Gasteiger partial charge in [0.05, 0.1) is 7.11 Å². The Morgan fingerprint density at radius 2 is 2.16 bits per heavy atom.